The molecule has 1 atom stereocenters. The molecular weight excluding hydrogens is 308 g/mol. The molecule has 0 unspecified atom stereocenters. The summed E-state index contributed by atoms with van der Waals surface area (Å²) in [7, 11) is 1.90. The molecule has 2 aromatic rings. The molecule has 0 aliphatic carbocycles. The summed E-state index contributed by atoms with van der Waals surface area (Å²) in [6.07, 6.45) is 2.41. The zero-order chi connectivity index (χ0) is 16.2. The van der Waals surface area contributed by atoms with Crippen molar-refractivity contribution in [3.05, 3.63) is 45.9 Å². The standard InChI is InChI=1S/C18H22N2O2S/c1-13-17(23-12-19-13)7-9-20(2)18(21)15-8-10-22-16-6-4-3-5-14(16)11-15/h3-6,12,15H,7-11H2,1-2H3/t15-/m0/s1. The number of amides is 1. The summed E-state index contributed by atoms with van der Waals surface area (Å²) in [5, 5.41) is 0. The molecule has 0 spiro atoms. The first-order valence-corrected chi connectivity index (χ1v) is 8.87. The molecule has 23 heavy (non-hydrogen) atoms. The lowest BCUT2D eigenvalue weighted by molar-refractivity contribution is -0.134. The van der Waals surface area contributed by atoms with Crippen LogP contribution in [0.1, 0.15) is 22.6 Å². The second kappa shape index (κ2) is 7.13. The number of carbonyl (C=O) groups excluding carboxylic acids is 1. The van der Waals surface area contributed by atoms with Gasteiger partial charge >= 0.3 is 0 Å². The van der Waals surface area contributed by atoms with Crippen LogP contribution in [-0.2, 0) is 17.6 Å². The molecule has 2 heterocycles. The van der Waals surface area contributed by atoms with Crippen LogP contribution in [0.25, 0.3) is 0 Å². The van der Waals surface area contributed by atoms with Crippen molar-refractivity contribution in [1.82, 2.24) is 9.88 Å². The van der Waals surface area contributed by atoms with Gasteiger partial charge in [0, 0.05) is 30.8 Å². The Hall–Kier alpha value is -1.88. The molecule has 0 saturated heterocycles. The Bertz CT molecular complexity index is 683. The average molecular weight is 330 g/mol. The highest BCUT2D eigenvalue weighted by atomic mass is 32.1. The van der Waals surface area contributed by atoms with Gasteiger partial charge in [0.1, 0.15) is 5.75 Å². The van der Waals surface area contributed by atoms with Crippen molar-refractivity contribution in [2.24, 2.45) is 5.92 Å². The molecule has 1 amide bonds. The van der Waals surface area contributed by atoms with Crippen LogP contribution < -0.4 is 4.74 Å². The van der Waals surface area contributed by atoms with Crippen LogP contribution in [0.3, 0.4) is 0 Å². The maximum atomic E-state index is 12.8. The molecule has 0 saturated carbocycles. The number of hydrogen-bond donors (Lipinski definition) is 0. The molecule has 122 valence electrons. The molecule has 0 radical (unpaired) electrons. The van der Waals surface area contributed by atoms with Gasteiger partial charge in [-0.2, -0.15) is 0 Å². The van der Waals surface area contributed by atoms with Gasteiger partial charge in [0.25, 0.3) is 0 Å². The van der Waals surface area contributed by atoms with E-state index in [1.807, 2.05) is 42.6 Å². The van der Waals surface area contributed by atoms with Crippen LogP contribution in [0.5, 0.6) is 5.75 Å². The first kappa shape index (κ1) is 16.0. The minimum absolute atomic E-state index is 0.00575. The highest BCUT2D eigenvalue weighted by molar-refractivity contribution is 7.09. The van der Waals surface area contributed by atoms with Crippen molar-refractivity contribution in [3.63, 3.8) is 0 Å². The number of thiazole rings is 1. The number of nitrogens with zero attached hydrogens (tertiary/aromatic N) is 2. The first-order valence-electron chi connectivity index (χ1n) is 8.00. The SMILES string of the molecule is Cc1ncsc1CCN(C)C(=O)[C@H]1CCOc2ccccc2C1. The molecule has 3 rings (SSSR count). The van der Waals surface area contributed by atoms with Gasteiger partial charge < -0.3 is 9.64 Å². The fourth-order valence-corrected chi connectivity index (χ4v) is 3.73. The van der Waals surface area contributed by atoms with E-state index >= 15 is 0 Å². The highest BCUT2D eigenvalue weighted by Gasteiger charge is 2.26. The number of fused-ring (bicyclic) bond motifs is 1. The van der Waals surface area contributed by atoms with E-state index in [4.69, 9.17) is 4.74 Å². The normalized spacial score (nSPS) is 17.0. The smallest absolute Gasteiger partial charge is 0.225 e. The summed E-state index contributed by atoms with van der Waals surface area (Å²) in [6.45, 7) is 3.36. The molecule has 1 aliphatic heterocycles. The number of benzene rings is 1. The topological polar surface area (TPSA) is 42.4 Å². The van der Waals surface area contributed by atoms with Gasteiger partial charge in [-0.25, -0.2) is 4.98 Å². The molecule has 0 fully saturated rings. The van der Waals surface area contributed by atoms with Gasteiger partial charge in [0.15, 0.2) is 0 Å². The summed E-state index contributed by atoms with van der Waals surface area (Å²) in [6, 6.07) is 8.02. The highest BCUT2D eigenvalue weighted by Crippen LogP contribution is 2.27. The summed E-state index contributed by atoms with van der Waals surface area (Å²) in [5.41, 5.74) is 4.08. The van der Waals surface area contributed by atoms with Crippen LogP contribution in [0, 0.1) is 12.8 Å². The van der Waals surface area contributed by atoms with Gasteiger partial charge in [-0.1, -0.05) is 18.2 Å². The molecule has 1 aromatic heterocycles. The van der Waals surface area contributed by atoms with E-state index in [0.29, 0.717) is 6.61 Å². The van der Waals surface area contributed by atoms with Crippen molar-refractivity contribution >= 4 is 17.2 Å². The van der Waals surface area contributed by atoms with Crippen LogP contribution in [-0.4, -0.2) is 36.0 Å². The van der Waals surface area contributed by atoms with Crippen molar-refractivity contribution in [1.29, 1.82) is 0 Å². The number of rotatable bonds is 4. The maximum Gasteiger partial charge on any atom is 0.225 e. The third-order valence-electron chi connectivity index (χ3n) is 4.41. The van der Waals surface area contributed by atoms with E-state index in [2.05, 4.69) is 11.1 Å². The monoisotopic (exact) mass is 330 g/mol. The Kier molecular flexibility index (Phi) is 4.96. The summed E-state index contributed by atoms with van der Waals surface area (Å²) in [5.74, 6) is 1.14. The lowest BCUT2D eigenvalue weighted by atomic mass is 9.95. The third-order valence-corrected chi connectivity index (χ3v) is 5.40. The fourth-order valence-electron chi connectivity index (χ4n) is 2.96. The second-order valence-corrected chi connectivity index (χ2v) is 6.96. The molecule has 1 aromatic carbocycles. The van der Waals surface area contributed by atoms with E-state index in [1.54, 1.807) is 11.3 Å². The Morgan fingerprint density at radius 3 is 3.04 bits per heavy atom. The zero-order valence-electron chi connectivity index (χ0n) is 13.6. The van der Waals surface area contributed by atoms with Crippen molar-refractivity contribution in [3.8, 4) is 5.75 Å². The van der Waals surface area contributed by atoms with Gasteiger partial charge in [0.2, 0.25) is 5.91 Å². The average Bonchev–Trinajstić information content (AvgIpc) is 2.84. The third kappa shape index (κ3) is 3.72. The quantitative estimate of drug-likeness (QED) is 0.865. The predicted molar refractivity (Wildman–Crippen MR) is 91.9 cm³/mol. The van der Waals surface area contributed by atoms with E-state index < -0.39 is 0 Å². The van der Waals surface area contributed by atoms with Crippen LogP contribution in [0.2, 0.25) is 0 Å². The fraction of sp³-hybridized carbons (Fsp3) is 0.444. The number of aryl methyl sites for hydroxylation is 1. The van der Waals surface area contributed by atoms with Crippen molar-refractivity contribution < 1.29 is 9.53 Å². The van der Waals surface area contributed by atoms with Gasteiger partial charge in [-0.05, 0) is 31.4 Å². The molecule has 0 bridgehead atoms. The first-order chi connectivity index (χ1) is 11.1. The Morgan fingerprint density at radius 2 is 2.26 bits per heavy atom. The minimum atomic E-state index is 0.00575. The van der Waals surface area contributed by atoms with Crippen LogP contribution >= 0.6 is 11.3 Å². The number of carbonyl (C=O) groups is 1. The maximum absolute atomic E-state index is 12.8. The number of ether oxygens (including phenoxy) is 1. The molecule has 1 aliphatic rings. The predicted octanol–water partition coefficient (Wildman–Crippen LogP) is 3.09. The van der Waals surface area contributed by atoms with Crippen LogP contribution in [0.4, 0.5) is 0 Å². The van der Waals surface area contributed by atoms with E-state index in [1.165, 1.54) is 4.88 Å². The second-order valence-electron chi connectivity index (χ2n) is 6.02. The summed E-state index contributed by atoms with van der Waals surface area (Å²) in [4.78, 5) is 20.2. The lowest BCUT2D eigenvalue weighted by Gasteiger charge is -2.22. The van der Waals surface area contributed by atoms with Crippen LogP contribution in [0.15, 0.2) is 29.8 Å². The molecule has 5 heteroatoms. The van der Waals surface area contributed by atoms with E-state index in [-0.39, 0.29) is 11.8 Å². The van der Waals surface area contributed by atoms with E-state index in [0.717, 1.165) is 42.8 Å². The Labute approximate surface area is 141 Å². The Balaban J connectivity index is 1.62. The molecule has 0 N–H and O–H groups in total. The lowest BCUT2D eigenvalue weighted by Crippen LogP contribution is -2.35. The number of hydrogen-bond acceptors (Lipinski definition) is 4. The molecule has 4 nitrogen and oxygen atoms in total. The van der Waals surface area contributed by atoms with Gasteiger partial charge in [-0.3, -0.25) is 4.79 Å². The van der Waals surface area contributed by atoms with Crippen molar-refractivity contribution in [2.45, 2.75) is 26.2 Å². The van der Waals surface area contributed by atoms with Gasteiger partial charge in [-0.15, -0.1) is 11.3 Å². The minimum Gasteiger partial charge on any atom is -0.493 e. The molecular formula is C18H22N2O2S. The van der Waals surface area contributed by atoms with Crippen molar-refractivity contribution in [2.75, 3.05) is 20.2 Å². The summed E-state index contributed by atoms with van der Waals surface area (Å²) < 4.78 is 5.77. The number of para-hydroxylation sites is 1. The number of likely N-dealkylation sites (N-methyl/N-ethyl adjacent to an activating group) is 1. The zero-order valence-corrected chi connectivity index (χ0v) is 14.4. The number of aromatic nitrogens is 1. The largest absolute Gasteiger partial charge is 0.493 e. The van der Waals surface area contributed by atoms with E-state index in [9.17, 15) is 4.79 Å². The summed E-state index contributed by atoms with van der Waals surface area (Å²) >= 11 is 1.66. The Morgan fingerprint density at radius 1 is 1.43 bits per heavy atom. The van der Waals surface area contributed by atoms with Gasteiger partial charge in [0.05, 0.1) is 17.8 Å².